The molecule has 2 aliphatic carbocycles. The van der Waals surface area contributed by atoms with E-state index in [0.29, 0.717) is 23.7 Å². The number of rotatable bonds is 7. The third kappa shape index (κ3) is 2.69. The van der Waals surface area contributed by atoms with Crippen molar-refractivity contribution in [1.29, 1.82) is 0 Å². The summed E-state index contributed by atoms with van der Waals surface area (Å²) in [7, 11) is -3.42. The van der Waals surface area contributed by atoms with Crippen LogP contribution < -0.4 is 10.0 Å². The summed E-state index contributed by atoms with van der Waals surface area (Å²) in [6.45, 7) is 3.27. The lowest BCUT2D eigenvalue weighted by molar-refractivity contribution is 0.432. The van der Waals surface area contributed by atoms with Gasteiger partial charge in [-0.15, -0.1) is 0 Å². The minimum absolute atomic E-state index is 0.278. The molecule has 5 heteroatoms. The Morgan fingerprint density at radius 1 is 1.25 bits per heavy atom. The molecule has 0 unspecified atom stereocenters. The molecule has 1 aromatic carbocycles. The summed E-state index contributed by atoms with van der Waals surface area (Å²) in [5.41, 5.74) is 0.957. The number of hydrogen-bond acceptors (Lipinski definition) is 3. The summed E-state index contributed by atoms with van der Waals surface area (Å²) in [4.78, 5) is 0.355. The maximum atomic E-state index is 12.5. The van der Waals surface area contributed by atoms with Gasteiger partial charge < -0.3 is 5.32 Å². The van der Waals surface area contributed by atoms with Crippen molar-refractivity contribution in [1.82, 2.24) is 4.72 Å². The van der Waals surface area contributed by atoms with Crippen molar-refractivity contribution in [3.05, 3.63) is 24.3 Å². The van der Waals surface area contributed by atoms with E-state index in [4.69, 9.17) is 0 Å². The van der Waals surface area contributed by atoms with E-state index in [1.54, 1.807) is 12.1 Å². The van der Waals surface area contributed by atoms with Crippen molar-refractivity contribution in [2.24, 2.45) is 11.3 Å². The lowest BCUT2D eigenvalue weighted by Gasteiger charge is -2.17. The SMILES string of the molecule is CCNc1ccccc1S(=O)(=O)NCC1(C2CC2)CC1. The molecule has 2 fully saturated rings. The van der Waals surface area contributed by atoms with Crippen LogP contribution in [0.2, 0.25) is 0 Å². The summed E-state index contributed by atoms with van der Waals surface area (Å²) in [5.74, 6) is 0.759. The molecule has 0 radical (unpaired) electrons. The molecule has 4 nitrogen and oxygen atoms in total. The monoisotopic (exact) mass is 294 g/mol. The highest BCUT2D eigenvalue weighted by atomic mass is 32.2. The van der Waals surface area contributed by atoms with Gasteiger partial charge in [0.15, 0.2) is 0 Å². The topological polar surface area (TPSA) is 58.2 Å². The Balaban J connectivity index is 1.74. The fourth-order valence-electron chi connectivity index (χ4n) is 2.94. The quantitative estimate of drug-likeness (QED) is 0.812. The molecule has 0 amide bonds. The molecule has 0 bridgehead atoms. The Morgan fingerprint density at radius 3 is 2.55 bits per heavy atom. The number of hydrogen-bond donors (Lipinski definition) is 2. The van der Waals surface area contributed by atoms with Gasteiger partial charge in [0.2, 0.25) is 10.0 Å². The van der Waals surface area contributed by atoms with Crippen LogP contribution in [0.1, 0.15) is 32.6 Å². The van der Waals surface area contributed by atoms with Gasteiger partial charge in [-0.2, -0.15) is 0 Å². The minimum Gasteiger partial charge on any atom is -0.384 e. The third-order valence-electron chi connectivity index (χ3n) is 4.49. The summed E-state index contributed by atoms with van der Waals surface area (Å²) in [6.07, 6.45) is 4.90. The Hall–Kier alpha value is -1.07. The van der Waals surface area contributed by atoms with Crippen LogP contribution in [-0.2, 0) is 10.0 Å². The summed E-state index contributed by atoms with van der Waals surface area (Å²) in [6, 6.07) is 7.09. The van der Waals surface area contributed by atoms with Crippen molar-refractivity contribution in [3.63, 3.8) is 0 Å². The van der Waals surface area contributed by atoms with Crippen molar-refractivity contribution < 1.29 is 8.42 Å². The van der Waals surface area contributed by atoms with Gasteiger partial charge in [-0.1, -0.05) is 12.1 Å². The van der Waals surface area contributed by atoms with Crippen LogP contribution in [-0.4, -0.2) is 21.5 Å². The zero-order chi connectivity index (χ0) is 14.2. The van der Waals surface area contributed by atoms with Crippen LogP contribution in [0.15, 0.2) is 29.2 Å². The smallest absolute Gasteiger partial charge is 0.242 e. The molecule has 0 atom stereocenters. The standard InChI is InChI=1S/C15H22N2O2S/c1-2-16-13-5-3-4-6-14(13)20(18,19)17-11-15(9-10-15)12-7-8-12/h3-6,12,16-17H,2,7-11H2,1H3. The maximum absolute atomic E-state index is 12.5. The van der Waals surface area contributed by atoms with Gasteiger partial charge in [0.05, 0.1) is 5.69 Å². The Morgan fingerprint density at radius 2 is 1.95 bits per heavy atom. The summed E-state index contributed by atoms with van der Waals surface area (Å²) in [5, 5.41) is 3.11. The van der Waals surface area contributed by atoms with E-state index in [1.807, 2.05) is 19.1 Å². The third-order valence-corrected chi connectivity index (χ3v) is 5.95. The highest BCUT2D eigenvalue weighted by Crippen LogP contribution is 2.60. The van der Waals surface area contributed by atoms with Crippen LogP contribution in [0, 0.1) is 11.3 Å². The molecule has 20 heavy (non-hydrogen) atoms. The average Bonchev–Trinajstić information content (AvgIpc) is 3.29. The molecule has 3 rings (SSSR count). The van der Waals surface area contributed by atoms with Gasteiger partial charge in [0.1, 0.15) is 4.90 Å². The van der Waals surface area contributed by atoms with Crippen LogP contribution >= 0.6 is 0 Å². The lowest BCUT2D eigenvalue weighted by atomic mass is 10.0. The normalized spacial score (nSPS) is 20.6. The molecule has 2 aliphatic rings. The van der Waals surface area contributed by atoms with E-state index >= 15 is 0 Å². The molecule has 0 aromatic heterocycles. The van der Waals surface area contributed by atoms with Gasteiger partial charge in [-0.25, -0.2) is 13.1 Å². The van der Waals surface area contributed by atoms with Crippen molar-refractivity contribution >= 4 is 15.7 Å². The molecule has 0 heterocycles. The Labute approximate surface area is 121 Å². The van der Waals surface area contributed by atoms with Crippen LogP contribution in [0.25, 0.3) is 0 Å². The van der Waals surface area contributed by atoms with Gasteiger partial charge in [-0.3, -0.25) is 0 Å². The first-order valence-corrected chi connectivity index (χ1v) is 8.88. The number of nitrogens with one attached hydrogen (secondary N) is 2. The fourth-order valence-corrected chi connectivity index (χ4v) is 4.26. The predicted molar refractivity (Wildman–Crippen MR) is 80.2 cm³/mol. The largest absolute Gasteiger partial charge is 0.384 e. The lowest BCUT2D eigenvalue weighted by Crippen LogP contribution is -2.31. The molecule has 2 saturated carbocycles. The summed E-state index contributed by atoms with van der Waals surface area (Å²) >= 11 is 0. The fraction of sp³-hybridized carbons (Fsp3) is 0.600. The number of sulfonamides is 1. The number of benzene rings is 1. The average molecular weight is 294 g/mol. The van der Waals surface area contributed by atoms with Crippen LogP contribution in [0.4, 0.5) is 5.69 Å². The van der Waals surface area contributed by atoms with Crippen molar-refractivity contribution in [2.75, 3.05) is 18.4 Å². The van der Waals surface area contributed by atoms with E-state index in [-0.39, 0.29) is 5.41 Å². The molecule has 0 saturated heterocycles. The predicted octanol–water partition coefficient (Wildman–Crippen LogP) is 2.59. The summed E-state index contributed by atoms with van der Waals surface area (Å²) < 4.78 is 27.8. The van der Waals surface area contributed by atoms with Crippen LogP contribution in [0.3, 0.4) is 0 Å². The first-order chi connectivity index (χ1) is 9.57. The highest BCUT2D eigenvalue weighted by molar-refractivity contribution is 7.89. The Kier molecular flexibility index (Phi) is 3.50. The highest BCUT2D eigenvalue weighted by Gasteiger charge is 2.53. The number of para-hydroxylation sites is 1. The first kappa shape index (κ1) is 13.9. The van der Waals surface area contributed by atoms with Gasteiger partial charge in [-0.05, 0) is 56.1 Å². The molecular weight excluding hydrogens is 272 g/mol. The van der Waals surface area contributed by atoms with Gasteiger partial charge in [0.25, 0.3) is 0 Å². The van der Waals surface area contributed by atoms with E-state index in [1.165, 1.54) is 25.7 Å². The molecule has 110 valence electrons. The van der Waals surface area contributed by atoms with Gasteiger partial charge >= 0.3 is 0 Å². The molecule has 0 aliphatic heterocycles. The van der Waals surface area contributed by atoms with Crippen LogP contribution in [0.5, 0.6) is 0 Å². The first-order valence-electron chi connectivity index (χ1n) is 7.40. The molecular formula is C15H22N2O2S. The zero-order valence-corrected chi connectivity index (χ0v) is 12.7. The van der Waals surface area contributed by atoms with E-state index in [0.717, 1.165) is 5.92 Å². The molecule has 0 spiro atoms. The molecule has 1 aromatic rings. The van der Waals surface area contributed by atoms with Crippen molar-refractivity contribution in [2.45, 2.75) is 37.5 Å². The van der Waals surface area contributed by atoms with Crippen molar-refractivity contribution in [3.8, 4) is 0 Å². The second kappa shape index (κ2) is 5.04. The minimum atomic E-state index is -3.42. The number of anilines is 1. The van der Waals surface area contributed by atoms with Gasteiger partial charge in [0, 0.05) is 13.1 Å². The second-order valence-electron chi connectivity index (χ2n) is 5.99. The zero-order valence-electron chi connectivity index (χ0n) is 11.9. The van der Waals surface area contributed by atoms with E-state index in [9.17, 15) is 8.42 Å². The van der Waals surface area contributed by atoms with E-state index in [2.05, 4.69) is 10.0 Å². The Bertz CT molecular complexity index is 590. The second-order valence-corrected chi connectivity index (χ2v) is 7.72. The van der Waals surface area contributed by atoms with E-state index < -0.39 is 10.0 Å². The maximum Gasteiger partial charge on any atom is 0.242 e. The molecule has 2 N–H and O–H groups in total.